The summed E-state index contributed by atoms with van der Waals surface area (Å²) < 4.78 is 2.84. The largest absolute Gasteiger partial charge is 0.387 e. The van der Waals surface area contributed by atoms with E-state index in [1.54, 1.807) is 13.1 Å². The number of pyridine rings is 1. The second kappa shape index (κ2) is 4.58. The molecule has 0 saturated carbocycles. The van der Waals surface area contributed by atoms with E-state index in [4.69, 9.17) is 0 Å². The van der Waals surface area contributed by atoms with E-state index in [1.165, 1.54) is 0 Å². The number of aryl methyl sites for hydroxylation is 1. The van der Waals surface area contributed by atoms with Crippen LogP contribution in [0.2, 0.25) is 0 Å². The lowest BCUT2D eigenvalue weighted by Crippen LogP contribution is -2.02. The predicted octanol–water partition coefficient (Wildman–Crippen LogP) is 2.70. The summed E-state index contributed by atoms with van der Waals surface area (Å²) in [7, 11) is 0. The molecule has 90 valence electrons. The van der Waals surface area contributed by atoms with E-state index in [1.807, 2.05) is 30.7 Å². The highest BCUT2D eigenvalue weighted by molar-refractivity contribution is 9.10. The summed E-state index contributed by atoms with van der Waals surface area (Å²) in [5.41, 5.74) is 3.53. The minimum Gasteiger partial charge on any atom is -0.387 e. The lowest BCUT2D eigenvalue weighted by atomic mass is 10.2. The van der Waals surface area contributed by atoms with Gasteiger partial charge < -0.3 is 5.11 Å². The van der Waals surface area contributed by atoms with Gasteiger partial charge in [0.1, 0.15) is 0 Å². The van der Waals surface area contributed by atoms with Gasteiger partial charge in [0.15, 0.2) is 0 Å². The average Bonchev–Trinajstić information content (AvgIpc) is 2.57. The summed E-state index contributed by atoms with van der Waals surface area (Å²) in [6, 6.07) is 3.71. The van der Waals surface area contributed by atoms with Gasteiger partial charge in [0.2, 0.25) is 0 Å². The zero-order valence-electron chi connectivity index (χ0n) is 9.98. The van der Waals surface area contributed by atoms with E-state index in [2.05, 4.69) is 26.0 Å². The topological polar surface area (TPSA) is 50.9 Å². The van der Waals surface area contributed by atoms with Gasteiger partial charge in [0.25, 0.3) is 0 Å². The summed E-state index contributed by atoms with van der Waals surface area (Å²) in [4.78, 5) is 4.21. The molecule has 1 atom stereocenters. The zero-order valence-corrected chi connectivity index (χ0v) is 11.6. The van der Waals surface area contributed by atoms with Crippen LogP contribution in [0.4, 0.5) is 0 Å². The van der Waals surface area contributed by atoms with Gasteiger partial charge in [-0.05, 0) is 48.8 Å². The molecule has 1 N–H and O–H groups in total. The van der Waals surface area contributed by atoms with Crippen molar-refractivity contribution in [3.8, 4) is 5.69 Å². The van der Waals surface area contributed by atoms with Crippen LogP contribution in [-0.4, -0.2) is 19.9 Å². The molecule has 0 spiro atoms. The van der Waals surface area contributed by atoms with E-state index in [0.717, 1.165) is 21.5 Å². The Labute approximate surface area is 108 Å². The van der Waals surface area contributed by atoms with Crippen molar-refractivity contribution in [2.75, 3.05) is 0 Å². The van der Waals surface area contributed by atoms with Crippen LogP contribution in [0.1, 0.15) is 30.1 Å². The fourth-order valence-corrected chi connectivity index (χ4v) is 1.89. The van der Waals surface area contributed by atoms with E-state index in [-0.39, 0.29) is 0 Å². The quantitative estimate of drug-likeness (QED) is 0.927. The highest BCUT2D eigenvalue weighted by atomic mass is 79.9. The molecule has 0 aliphatic heterocycles. The van der Waals surface area contributed by atoms with Crippen molar-refractivity contribution in [1.82, 2.24) is 14.8 Å². The molecule has 0 aromatic carbocycles. The van der Waals surface area contributed by atoms with Gasteiger partial charge in [0, 0.05) is 0 Å². The molecule has 0 bridgehead atoms. The van der Waals surface area contributed by atoms with Crippen LogP contribution < -0.4 is 0 Å². The molecule has 0 amide bonds. The summed E-state index contributed by atoms with van der Waals surface area (Å²) in [5.74, 6) is 0. The SMILES string of the molecule is Cc1nn(-c2ccc([C@@H](C)O)nc2)c(C)c1Br. The summed E-state index contributed by atoms with van der Waals surface area (Å²) in [6.45, 7) is 5.64. The molecule has 0 fully saturated rings. The zero-order chi connectivity index (χ0) is 12.6. The van der Waals surface area contributed by atoms with Crippen molar-refractivity contribution in [1.29, 1.82) is 0 Å². The van der Waals surface area contributed by atoms with E-state index in [0.29, 0.717) is 5.69 Å². The second-order valence-electron chi connectivity index (χ2n) is 4.01. The summed E-state index contributed by atoms with van der Waals surface area (Å²) in [6.07, 6.45) is 1.17. The van der Waals surface area contributed by atoms with Crippen LogP contribution in [0.15, 0.2) is 22.8 Å². The number of rotatable bonds is 2. The number of nitrogens with zero attached hydrogens (tertiary/aromatic N) is 3. The molecule has 2 aromatic rings. The third kappa shape index (κ3) is 2.25. The molecular weight excluding hydrogens is 282 g/mol. The molecule has 17 heavy (non-hydrogen) atoms. The number of halogens is 1. The third-order valence-corrected chi connectivity index (χ3v) is 3.79. The number of hydrogen-bond acceptors (Lipinski definition) is 3. The minimum absolute atomic E-state index is 0.545. The molecular formula is C12H14BrN3O. The fourth-order valence-electron chi connectivity index (χ4n) is 1.64. The first-order valence-electron chi connectivity index (χ1n) is 5.37. The van der Waals surface area contributed by atoms with Gasteiger partial charge in [-0.15, -0.1) is 0 Å². The molecule has 2 aromatic heterocycles. The van der Waals surface area contributed by atoms with Crippen LogP contribution in [0.3, 0.4) is 0 Å². The lowest BCUT2D eigenvalue weighted by molar-refractivity contribution is 0.194. The Kier molecular flexibility index (Phi) is 3.31. The molecule has 2 rings (SSSR count). The number of aliphatic hydroxyl groups excluding tert-OH is 1. The fraction of sp³-hybridized carbons (Fsp3) is 0.333. The third-order valence-electron chi connectivity index (χ3n) is 2.65. The summed E-state index contributed by atoms with van der Waals surface area (Å²) >= 11 is 3.49. The smallest absolute Gasteiger partial charge is 0.0931 e. The molecule has 0 unspecified atom stereocenters. The van der Waals surface area contributed by atoms with Crippen LogP contribution in [0.5, 0.6) is 0 Å². The van der Waals surface area contributed by atoms with Crippen molar-refractivity contribution >= 4 is 15.9 Å². The Morgan fingerprint density at radius 1 is 1.35 bits per heavy atom. The van der Waals surface area contributed by atoms with E-state index < -0.39 is 6.10 Å². The van der Waals surface area contributed by atoms with Crippen molar-refractivity contribution in [2.24, 2.45) is 0 Å². The molecule has 0 saturated heterocycles. The first kappa shape index (κ1) is 12.3. The van der Waals surface area contributed by atoms with Gasteiger partial charge in [-0.25, -0.2) is 4.68 Å². The van der Waals surface area contributed by atoms with Crippen molar-refractivity contribution in [2.45, 2.75) is 26.9 Å². The van der Waals surface area contributed by atoms with Gasteiger partial charge >= 0.3 is 0 Å². The van der Waals surface area contributed by atoms with Gasteiger partial charge in [-0.1, -0.05) is 0 Å². The van der Waals surface area contributed by atoms with E-state index in [9.17, 15) is 5.11 Å². The Hall–Kier alpha value is -1.20. The van der Waals surface area contributed by atoms with Crippen molar-refractivity contribution in [3.05, 3.63) is 39.9 Å². The summed E-state index contributed by atoms with van der Waals surface area (Å²) in [5, 5.41) is 13.8. The number of hydrogen-bond donors (Lipinski definition) is 1. The Morgan fingerprint density at radius 2 is 2.06 bits per heavy atom. The normalized spacial score (nSPS) is 12.8. The van der Waals surface area contributed by atoms with Gasteiger partial charge in [-0.3, -0.25) is 4.98 Å². The van der Waals surface area contributed by atoms with Crippen LogP contribution in [0, 0.1) is 13.8 Å². The predicted molar refractivity (Wildman–Crippen MR) is 69.2 cm³/mol. The highest BCUT2D eigenvalue weighted by Crippen LogP contribution is 2.23. The van der Waals surface area contributed by atoms with Crippen molar-refractivity contribution in [3.63, 3.8) is 0 Å². The molecule has 0 radical (unpaired) electrons. The minimum atomic E-state index is -0.545. The van der Waals surface area contributed by atoms with Crippen LogP contribution in [0.25, 0.3) is 5.69 Å². The van der Waals surface area contributed by atoms with Crippen molar-refractivity contribution < 1.29 is 5.11 Å². The first-order chi connectivity index (χ1) is 8.00. The number of aromatic nitrogens is 3. The number of aliphatic hydroxyl groups is 1. The molecule has 4 nitrogen and oxygen atoms in total. The Morgan fingerprint density at radius 3 is 2.47 bits per heavy atom. The standard InChI is InChI=1S/C12H14BrN3O/c1-7-12(13)8(2)16(15-7)10-4-5-11(9(3)17)14-6-10/h4-6,9,17H,1-3H3/t9-/m1/s1. The lowest BCUT2D eigenvalue weighted by Gasteiger charge is -2.06. The maximum absolute atomic E-state index is 9.40. The highest BCUT2D eigenvalue weighted by Gasteiger charge is 2.11. The van der Waals surface area contributed by atoms with Gasteiger partial charge in [0.05, 0.1) is 39.5 Å². The Balaban J connectivity index is 2.43. The molecule has 0 aliphatic rings. The first-order valence-corrected chi connectivity index (χ1v) is 6.16. The second-order valence-corrected chi connectivity index (χ2v) is 4.81. The monoisotopic (exact) mass is 295 g/mol. The van der Waals surface area contributed by atoms with Gasteiger partial charge in [-0.2, -0.15) is 5.10 Å². The maximum atomic E-state index is 9.40. The molecule has 0 aliphatic carbocycles. The maximum Gasteiger partial charge on any atom is 0.0931 e. The Bertz CT molecular complexity index is 531. The molecule has 2 heterocycles. The molecule has 5 heteroatoms. The van der Waals surface area contributed by atoms with E-state index >= 15 is 0 Å². The van der Waals surface area contributed by atoms with Crippen LogP contribution >= 0.6 is 15.9 Å². The van der Waals surface area contributed by atoms with Crippen LogP contribution in [-0.2, 0) is 0 Å². The average molecular weight is 296 g/mol.